The van der Waals surface area contributed by atoms with Crippen LogP contribution in [0, 0.1) is 19.8 Å². The molecule has 21 heavy (non-hydrogen) atoms. The van der Waals surface area contributed by atoms with Crippen LogP contribution in [0.15, 0.2) is 4.90 Å². The fourth-order valence-electron chi connectivity index (χ4n) is 3.78. The lowest BCUT2D eigenvalue weighted by molar-refractivity contribution is -0.126. The van der Waals surface area contributed by atoms with Gasteiger partial charge >= 0.3 is 0 Å². The number of rotatable bonds is 2. The van der Waals surface area contributed by atoms with E-state index in [-0.39, 0.29) is 17.7 Å². The van der Waals surface area contributed by atoms with Crippen molar-refractivity contribution in [1.82, 2.24) is 14.1 Å². The van der Waals surface area contributed by atoms with Gasteiger partial charge in [0.1, 0.15) is 10.7 Å². The minimum Gasteiger partial charge on any atom is -0.299 e. The van der Waals surface area contributed by atoms with Crippen molar-refractivity contribution in [3.05, 3.63) is 11.4 Å². The summed E-state index contributed by atoms with van der Waals surface area (Å²) in [6.45, 7) is 3.80. The molecule has 0 amide bonds. The number of aryl methyl sites for hydroxylation is 2. The first kappa shape index (κ1) is 14.7. The Kier molecular flexibility index (Phi) is 3.44. The Balaban J connectivity index is 2.04. The lowest BCUT2D eigenvalue weighted by Gasteiger charge is -2.35. The van der Waals surface area contributed by atoms with Crippen LogP contribution in [0.3, 0.4) is 0 Å². The van der Waals surface area contributed by atoms with Gasteiger partial charge in [0, 0.05) is 32.0 Å². The molecule has 0 N–H and O–H groups in total. The number of hydrogen-bond donors (Lipinski definition) is 0. The minimum absolute atomic E-state index is 0.106. The zero-order chi connectivity index (χ0) is 15.4. The van der Waals surface area contributed by atoms with Gasteiger partial charge in [-0.15, -0.1) is 0 Å². The fourth-order valence-corrected chi connectivity index (χ4v) is 5.87. The van der Waals surface area contributed by atoms with E-state index in [0.717, 1.165) is 19.3 Å². The van der Waals surface area contributed by atoms with Crippen molar-refractivity contribution in [3.63, 3.8) is 0 Å². The Morgan fingerprint density at radius 3 is 2.57 bits per heavy atom. The minimum atomic E-state index is -3.58. The molecular weight excluding hydrogens is 290 g/mol. The van der Waals surface area contributed by atoms with Crippen LogP contribution < -0.4 is 0 Å². The second kappa shape index (κ2) is 4.91. The predicted octanol–water partition coefficient (Wildman–Crippen LogP) is 1.17. The van der Waals surface area contributed by atoms with Gasteiger partial charge in [0.25, 0.3) is 0 Å². The first-order valence-electron chi connectivity index (χ1n) is 7.39. The van der Waals surface area contributed by atoms with Gasteiger partial charge in [-0.1, -0.05) is 6.42 Å². The van der Waals surface area contributed by atoms with Gasteiger partial charge < -0.3 is 0 Å². The molecule has 1 saturated heterocycles. The average molecular weight is 311 g/mol. The number of piperidine rings is 1. The van der Waals surface area contributed by atoms with Gasteiger partial charge in [0.15, 0.2) is 0 Å². The highest BCUT2D eigenvalue weighted by molar-refractivity contribution is 7.89. The molecule has 1 aromatic heterocycles. The molecule has 2 aliphatic rings. The Morgan fingerprint density at radius 1 is 1.24 bits per heavy atom. The SMILES string of the molecule is Cc1nn(C)c(C)c1S(=O)(=O)N1CCC(=O)[C@@H]2CCC[C@@H]21. The predicted molar refractivity (Wildman–Crippen MR) is 77.3 cm³/mol. The van der Waals surface area contributed by atoms with Crippen LogP contribution in [0.2, 0.25) is 0 Å². The topological polar surface area (TPSA) is 72.3 Å². The molecule has 3 rings (SSSR count). The smallest absolute Gasteiger partial charge is 0.247 e. The van der Waals surface area contributed by atoms with E-state index in [0.29, 0.717) is 29.2 Å². The van der Waals surface area contributed by atoms with Crippen LogP contribution in [0.1, 0.15) is 37.1 Å². The van der Waals surface area contributed by atoms with Gasteiger partial charge in [0.2, 0.25) is 10.0 Å². The van der Waals surface area contributed by atoms with Crippen LogP contribution in [0.25, 0.3) is 0 Å². The quantitative estimate of drug-likeness (QED) is 0.822. The van der Waals surface area contributed by atoms with E-state index in [2.05, 4.69) is 5.10 Å². The van der Waals surface area contributed by atoms with Crippen LogP contribution in [0.5, 0.6) is 0 Å². The molecule has 0 bridgehead atoms. The van der Waals surface area contributed by atoms with E-state index in [1.807, 2.05) is 0 Å². The largest absolute Gasteiger partial charge is 0.299 e. The van der Waals surface area contributed by atoms with E-state index in [9.17, 15) is 13.2 Å². The first-order chi connectivity index (χ1) is 9.84. The van der Waals surface area contributed by atoms with Crippen molar-refractivity contribution in [3.8, 4) is 0 Å². The van der Waals surface area contributed by atoms with E-state index >= 15 is 0 Å². The average Bonchev–Trinajstić information content (AvgIpc) is 2.96. The van der Waals surface area contributed by atoms with E-state index in [4.69, 9.17) is 0 Å². The van der Waals surface area contributed by atoms with Gasteiger partial charge in [-0.2, -0.15) is 9.40 Å². The summed E-state index contributed by atoms with van der Waals surface area (Å²) in [6, 6.07) is -0.157. The van der Waals surface area contributed by atoms with Crippen molar-refractivity contribution in [2.45, 2.75) is 50.5 Å². The highest BCUT2D eigenvalue weighted by Gasteiger charge is 2.46. The molecule has 0 aromatic carbocycles. The summed E-state index contributed by atoms with van der Waals surface area (Å²) in [4.78, 5) is 12.3. The molecule has 2 fully saturated rings. The molecule has 1 aromatic rings. The molecule has 0 unspecified atom stereocenters. The summed E-state index contributed by atoms with van der Waals surface area (Å²) >= 11 is 0. The Labute approximate surface area is 125 Å². The number of nitrogens with zero attached hydrogens (tertiary/aromatic N) is 3. The molecule has 7 heteroatoms. The summed E-state index contributed by atoms with van der Waals surface area (Å²) in [5.74, 6) is 0.120. The second-order valence-electron chi connectivity index (χ2n) is 6.06. The molecule has 1 aliphatic heterocycles. The lowest BCUT2D eigenvalue weighted by atomic mass is 9.92. The number of hydrogen-bond acceptors (Lipinski definition) is 4. The summed E-state index contributed by atoms with van der Waals surface area (Å²) in [5, 5.41) is 4.22. The molecular formula is C14H21N3O3S. The summed E-state index contributed by atoms with van der Waals surface area (Å²) in [7, 11) is -1.83. The summed E-state index contributed by atoms with van der Waals surface area (Å²) in [5.41, 5.74) is 1.18. The highest BCUT2D eigenvalue weighted by Crippen LogP contribution is 2.38. The molecule has 2 atom stereocenters. The van der Waals surface area contributed by atoms with Crippen LogP contribution in [0.4, 0.5) is 0 Å². The van der Waals surface area contributed by atoms with E-state index < -0.39 is 10.0 Å². The first-order valence-corrected chi connectivity index (χ1v) is 8.83. The Hall–Kier alpha value is -1.21. The van der Waals surface area contributed by atoms with E-state index in [1.165, 1.54) is 0 Å². The van der Waals surface area contributed by atoms with Crippen molar-refractivity contribution in [2.24, 2.45) is 13.0 Å². The Morgan fingerprint density at radius 2 is 1.95 bits per heavy atom. The third kappa shape index (κ3) is 2.14. The zero-order valence-corrected chi connectivity index (χ0v) is 13.5. The molecule has 2 heterocycles. The van der Waals surface area contributed by atoms with Crippen molar-refractivity contribution < 1.29 is 13.2 Å². The molecule has 1 aliphatic carbocycles. The second-order valence-corrected chi connectivity index (χ2v) is 7.89. The van der Waals surface area contributed by atoms with Gasteiger partial charge in [-0.3, -0.25) is 9.48 Å². The fraction of sp³-hybridized carbons (Fsp3) is 0.714. The normalized spacial score (nSPS) is 27.1. The number of sulfonamides is 1. The van der Waals surface area contributed by atoms with Crippen molar-refractivity contribution in [1.29, 1.82) is 0 Å². The van der Waals surface area contributed by atoms with Gasteiger partial charge in [-0.05, 0) is 26.7 Å². The number of Topliss-reactive ketones (excluding diaryl/α,β-unsaturated/α-hetero) is 1. The third-order valence-electron chi connectivity index (χ3n) is 4.85. The maximum atomic E-state index is 13.1. The van der Waals surface area contributed by atoms with Crippen molar-refractivity contribution >= 4 is 15.8 Å². The van der Waals surface area contributed by atoms with Gasteiger partial charge in [-0.25, -0.2) is 8.42 Å². The van der Waals surface area contributed by atoms with Crippen LogP contribution in [-0.2, 0) is 21.9 Å². The zero-order valence-electron chi connectivity index (χ0n) is 12.7. The standard InChI is InChI=1S/C14H21N3O3S/c1-9-14(10(2)16(3)15-9)21(19,20)17-8-7-13(18)11-5-4-6-12(11)17/h11-12H,4-8H2,1-3H3/t11-,12+/m1/s1. The maximum absolute atomic E-state index is 13.1. The van der Waals surface area contributed by atoms with Crippen molar-refractivity contribution in [2.75, 3.05) is 6.54 Å². The number of ketones is 1. The van der Waals surface area contributed by atoms with E-state index in [1.54, 1.807) is 29.9 Å². The molecule has 6 nitrogen and oxygen atoms in total. The molecule has 1 saturated carbocycles. The maximum Gasteiger partial charge on any atom is 0.247 e. The van der Waals surface area contributed by atoms with Crippen LogP contribution in [-0.4, -0.2) is 40.9 Å². The molecule has 116 valence electrons. The number of aromatic nitrogens is 2. The number of fused-ring (bicyclic) bond motifs is 1. The number of carbonyl (C=O) groups excluding carboxylic acids is 1. The third-order valence-corrected chi connectivity index (χ3v) is 7.03. The monoisotopic (exact) mass is 311 g/mol. The Bertz CT molecular complexity index is 693. The van der Waals surface area contributed by atoms with Crippen LogP contribution >= 0.6 is 0 Å². The summed E-state index contributed by atoms with van der Waals surface area (Å²) in [6.07, 6.45) is 2.87. The van der Waals surface area contributed by atoms with Gasteiger partial charge in [0.05, 0.1) is 11.4 Å². The molecule has 0 spiro atoms. The lowest BCUT2D eigenvalue weighted by Crippen LogP contribution is -2.49. The highest BCUT2D eigenvalue weighted by atomic mass is 32.2. The molecule has 0 radical (unpaired) electrons. The summed E-state index contributed by atoms with van der Waals surface area (Å²) < 4.78 is 29.3. The number of carbonyl (C=O) groups is 1.